The number of amides is 1. The zero-order valence-electron chi connectivity index (χ0n) is 10.1. The molecule has 0 heterocycles. The third kappa shape index (κ3) is 5.89. The number of esters is 1. The molecule has 1 aliphatic carbocycles. The number of carbonyl (C=O) groups excluding carboxylic acids is 2. The minimum atomic E-state index is -0.397. The van der Waals surface area contributed by atoms with Gasteiger partial charge >= 0.3 is 5.97 Å². The van der Waals surface area contributed by atoms with Gasteiger partial charge in [-0.25, -0.2) is 0 Å². The Morgan fingerprint density at radius 2 is 2.12 bits per heavy atom. The summed E-state index contributed by atoms with van der Waals surface area (Å²) in [6, 6.07) is 0.133. The summed E-state index contributed by atoms with van der Waals surface area (Å²) in [4.78, 5) is 22.5. The Labute approximate surface area is 108 Å². The summed E-state index contributed by atoms with van der Waals surface area (Å²) in [7, 11) is 0. The van der Waals surface area contributed by atoms with Gasteiger partial charge in [0.1, 0.15) is 6.54 Å². The van der Waals surface area contributed by atoms with E-state index < -0.39 is 5.97 Å². The van der Waals surface area contributed by atoms with Crippen LogP contribution in [0, 0.1) is 5.92 Å². The van der Waals surface area contributed by atoms with E-state index in [0.717, 1.165) is 19.3 Å². The molecule has 0 spiro atoms. The van der Waals surface area contributed by atoms with Crippen molar-refractivity contribution in [3.63, 3.8) is 0 Å². The molecule has 0 aromatic rings. The van der Waals surface area contributed by atoms with Gasteiger partial charge in [0.15, 0.2) is 0 Å². The smallest absolute Gasteiger partial charge is 0.325 e. The second kappa shape index (κ2) is 8.31. The average Bonchev–Trinajstić information content (AvgIpc) is 2.62. The van der Waals surface area contributed by atoms with Crippen LogP contribution in [0.2, 0.25) is 0 Å². The summed E-state index contributed by atoms with van der Waals surface area (Å²) < 4.78 is 4.71. The minimum Gasteiger partial charge on any atom is -0.465 e. The van der Waals surface area contributed by atoms with Crippen LogP contribution in [0.1, 0.15) is 32.6 Å². The van der Waals surface area contributed by atoms with Crippen molar-refractivity contribution in [3.8, 4) is 0 Å². The molecule has 1 amide bonds. The molecule has 1 fully saturated rings. The Morgan fingerprint density at radius 3 is 2.65 bits per heavy atom. The standard InChI is InChI=1S/C11H20N2O3.ClH/c1-2-16-11(15)7-13-10(14)6-8-4-3-5-9(8)12;/h8-9H,2-7,12H2,1H3,(H,13,14);1H/t8-,9+;/m0./s1. The normalized spacial score (nSPS) is 22.7. The van der Waals surface area contributed by atoms with Gasteiger partial charge in [0.05, 0.1) is 6.61 Å². The van der Waals surface area contributed by atoms with Crippen LogP contribution in [0.15, 0.2) is 0 Å². The first-order valence-electron chi connectivity index (χ1n) is 5.81. The van der Waals surface area contributed by atoms with Crippen LogP contribution in [0.3, 0.4) is 0 Å². The van der Waals surface area contributed by atoms with Crippen molar-refractivity contribution in [2.75, 3.05) is 13.2 Å². The zero-order chi connectivity index (χ0) is 12.0. The van der Waals surface area contributed by atoms with Gasteiger partial charge in [-0.1, -0.05) is 6.42 Å². The molecule has 0 unspecified atom stereocenters. The molecule has 0 saturated heterocycles. The number of carbonyl (C=O) groups is 2. The fourth-order valence-electron chi connectivity index (χ4n) is 2.01. The summed E-state index contributed by atoms with van der Waals surface area (Å²) >= 11 is 0. The first-order chi connectivity index (χ1) is 7.63. The summed E-state index contributed by atoms with van der Waals surface area (Å²) in [5, 5.41) is 2.55. The van der Waals surface area contributed by atoms with Crippen molar-refractivity contribution in [1.29, 1.82) is 0 Å². The molecule has 3 N–H and O–H groups in total. The molecule has 1 saturated carbocycles. The maximum Gasteiger partial charge on any atom is 0.325 e. The van der Waals surface area contributed by atoms with Gasteiger partial charge in [0.2, 0.25) is 5.91 Å². The van der Waals surface area contributed by atoms with Gasteiger partial charge in [-0.3, -0.25) is 9.59 Å². The van der Waals surface area contributed by atoms with E-state index in [9.17, 15) is 9.59 Å². The molecule has 6 heteroatoms. The number of halogens is 1. The molecule has 1 aliphatic rings. The molecular formula is C11H21ClN2O3. The predicted octanol–water partition coefficient (Wildman–Crippen LogP) is 0.605. The van der Waals surface area contributed by atoms with Crippen LogP contribution in [0.4, 0.5) is 0 Å². The van der Waals surface area contributed by atoms with E-state index in [4.69, 9.17) is 10.5 Å². The highest BCUT2D eigenvalue weighted by Crippen LogP contribution is 2.26. The number of hydrogen-bond donors (Lipinski definition) is 2. The van der Waals surface area contributed by atoms with Crippen molar-refractivity contribution in [3.05, 3.63) is 0 Å². The molecule has 0 aromatic heterocycles. The lowest BCUT2D eigenvalue weighted by atomic mass is 10.00. The number of rotatable bonds is 5. The highest BCUT2D eigenvalue weighted by Gasteiger charge is 2.26. The lowest BCUT2D eigenvalue weighted by Gasteiger charge is -2.14. The first kappa shape index (κ1) is 16.2. The molecule has 100 valence electrons. The molecule has 1 rings (SSSR count). The molecule has 17 heavy (non-hydrogen) atoms. The fourth-order valence-corrected chi connectivity index (χ4v) is 2.01. The highest BCUT2D eigenvalue weighted by atomic mass is 35.5. The van der Waals surface area contributed by atoms with E-state index in [1.807, 2.05) is 0 Å². The maximum absolute atomic E-state index is 11.5. The van der Waals surface area contributed by atoms with Crippen molar-refractivity contribution < 1.29 is 14.3 Å². The Hall–Kier alpha value is -0.810. The quantitative estimate of drug-likeness (QED) is 0.713. The number of nitrogens with two attached hydrogens (primary N) is 1. The third-order valence-electron chi connectivity index (χ3n) is 2.90. The van der Waals surface area contributed by atoms with E-state index >= 15 is 0 Å². The Kier molecular flexibility index (Phi) is 7.91. The number of ether oxygens (including phenoxy) is 1. The third-order valence-corrected chi connectivity index (χ3v) is 2.90. The SMILES string of the molecule is CCOC(=O)CNC(=O)C[C@@H]1CCC[C@H]1N.Cl. The van der Waals surface area contributed by atoms with E-state index in [1.54, 1.807) is 6.92 Å². The van der Waals surface area contributed by atoms with Crippen molar-refractivity contribution in [2.24, 2.45) is 11.7 Å². The van der Waals surface area contributed by atoms with E-state index in [1.165, 1.54) is 0 Å². The van der Waals surface area contributed by atoms with E-state index in [2.05, 4.69) is 5.32 Å². The van der Waals surface area contributed by atoms with Gasteiger partial charge in [-0.15, -0.1) is 12.4 Å². The van der Waals surface area contributed by atoms with Gasteiger partial charge in [-0.05, 0) is 25.7 Å². The van der Waals surface area contributed by atoms with Crippen molar-refractivity contribution in [2.45, 2.75) is 38.6 Å². The second-order valence-electron chi connectivity index (χ2n) is 4.14. The molecule has 0 aromatic carbocycles. The number of nitrogens with one attached hydrogen (secondary N) is 1. The first-order valence-corrected chi connectivity index (χ1v) is 5.81. The van der Waals surface area contributed by atoms with Crippen LogP contribution >= 0.6 is 12.4 Å². The van der Waals surface area contributed by atoms with Crippen LogP contribution in [-0.2, 0) is 14.3 Å². The lowest BCUT2D eigenvalue weighted by Crippen LogP contribution is -2.34. The largest absolute Gasteiger partial charge is 0.465 e. The van der Waals surface area contributed by atoms with Crippen LogP contribution in [0.5, 0.6) is 0 Å². The summed E-state index contributed by atoms with van der Waals surface area (Å²) in [6.45, 7) is 2.02. The summed E-state index contributed by atoms with van der Waals surface area (Å²) in [6.07, 6.45) is 3.52. The van der Waals surface area contributed by atoms with E-state index in [-0.39, 0.29) is 36.8 Å². The molecule has 5 nitrogen and oxygen atoms in total. The van der Waals surface area contributed by atoms with Crippen molar-refractivity contribution >= 4 is 24.3 Å². The molecular weight excluding hydrogens is 244 g/mol. The summed E-state index contributed by atoms with van der Waals surface area (Å²) in [5.74, 6) is -0.246. The van der Waals surface area contributed by atoms with Gasteiger partial charge in [0.25, 0.3) is 0 Å². The molecule has 0 aliphatic heterocycles. The maximum atomic E-state index is 11.5. The minimum absolute atomic E-state index is 0. The van der Waals surface area contributed by atoms with Gasteiger partial charge in [-0.2, -0.15) is 0 Å². The van der Waals surface area contributed by atoms with Crippen LogP contribution in [-0.4, -0.2) is 31.1 Å². The predicted molar refractivity (Wildman–Crippen MR) is 66.8 cm³/mol. The second-order valence-corrected chi connectivity index (χ2v) is 4.14. The average molecular weight is 265 g/mol. The lowest BCUT2D eigenvalue weighted by molar-refractivity contribution is -0.143. The molecule has 0 radical (unpaired) electrons. The van der Waals surface area contributed by atoms with Crippen molar-refractivity contribution in [1.82, 2.24) is 5.32 Å². The Balaban J connectivity index is 0.00000256. The zero-order valence-corrected chi connectivity index (χ0v) is 10.9. The van der Waals surface area contributed by atoms with E-state index in [0.29, 0.717) is 13.0 Å². The topological polar surface area (TPSA) is 81.4 Å². The Bertz CT molecular complexity index is 261. The molecule has 0 bridgehead atoms. The summed E-state index contributed by atoms with van der Waals surface area (Å²) in [5.41, 5.74) is 5.86. The number of hydrogen-bond acceptors (Lipinski definition) is 4. The van der Waals surface area contributed by atoms with Crippen LogP contribution in [0.25, 0.3) is 0 Å². The Morgan fingerprint density at radius 1 is 1.41 bits per heavy atom. The monoisotopic (exact) mass is 264 g/mol. The fraction of sp³-hybridized carbons (Fsp3) is 0.818. The van der Waals surface area contributed by atoms with Crippen LogP contribution < -0.4 is 11.1 Å². The van der Waals surface area contributed by atoms with Gasteiger partial charge < -0.3 is 15.8 Å². The molecule has 2 atom stereocenters. The highest BCUT2D eigenvalue weighted by molar-refractivity contribution is 5.85. The van der Waals surface area contributed by atoms with Gasteiger partial charge in [0, 0.05) is 12.5 Å².